The minimum Gasteiger partial charge on any atom is -0.455 e. The molecule has 0 unspecified atom stereocenters. The van der Waals surface area contributed by atoms with Crippen molar-refractivity contribution in [1.82, 2.24) is 0 Å². The lowest BCUT2D eigenvalue weighted by Gasteiger charge is -2.31. The maximum absolute atomic E-state index is 6.44. The molecule has 1 aliphatic carbocycles. The van der Waals surface area contributed by atoms with Crippen LogP contribution in [0.5, 0.6) is 5.75 Å². The molecule has 0 saturated heterocycles. The number of allylic oxidation sites excluding steroid dienone is 3. The molecule has 3 aromatic carbocycles. The Labute approximate surface area is 160 Å². The molecule has 0 N–H and O–H groups in total. The molecule has 132 valence electrons. The molecule has 0 spiro atoms. The van der Waals surface area contributed by atoms with E-state index in [0.29, 0.717) is 0 Å². The summed E-state index contributed by atoms with van der Waals surface area (Å²) in [4.78, 5) is 2.27. The topological polar surface area (TPSA) is 12.5 Å². The standard InChI is InChI=1S/C25H21NO/c1-3-12-21(13-4-1)26(22-14-5-2-6-15-22)23-16-9-11-20-18-19-10-7-8-17-24(19)27-25(20)23/h1-6,9-17H,7-8,18H2. The smallest absolute Gasteiger partial charge is 0.154 e. The predicted molar refractivity (Wildman–Crippen MR) is 111 cm³/mol. The van der Waals surface area contributed by atoms with Crippen LogP contribution in [0.3, 0.4) is 0 Å². The summed E-state index contributed by atoms with van der Waals surface area (Å²) >= 11 is 0. The summed E-state index contributed by atoms with van der Waals surface area (Å²) in [5.74, 6) is 2.00. The van der Waals surface area contributed by atoms with Gasteiger partial charge in [0.15, 0.2) is 5.75 Å². The third-order valence-electron chi connectivity index (χ3n) is 5.14. The summed E-state index contributed by atoms with van der Waals surface area (Å²) in [6, 6.07) is 27.4. The highest BCUT2D eigenvalue weighted by Gasteiger charge is 2.26. The number of nitrogens with zero attached hydrogens (tertiary/aromatic N) is 1. The highest BCUT2D eigenvalue weighted by Crippen LogP contribution is 2.46. The van der Waals surface area contributed by atoms with Crippen molar-refractivity contribution in [3.63, 3.8) is 0 Å². The van der Waals surface area contributed by atoms with E-state index in [9.17, 15) is 0 Å². The first kappa shape index (κ1) is 16.0. The Bertz CT molecular complexity index is 979. The van der Waals surface area contributed by atoms with Crippen LogP contribution in [0.1, 0.15) is 18.4 Å². The number of rotatable bonds is 3. The van der Waals surface area contributed by atoms with E-state index in [1.54, 1.807) is 0 Å². The Morgan fingerprint density at radius 1 is 0.667 bits per heavy atom. The molecule has 2 heteroatoms. The van der Waals surface area contributed by atoms with Crippen LogP contribution in [0, 0.1) is 0 Å². The van der Waals surface area contributed by atoms with Crippen LogP contribution < -0.4 is 9.64 Å². The van der Waals surface area contributed by atoms with Gasteiger partial charge in [-0.25, -0.2) is 0 Å². The van der Waals surface area contributed by atoms with Crippen LogP contribution in [0.4, 0.5) is 17.1 Å². The average Bonchev–Trinajstić information content (AvgIpc) is 2.74. The summed E-state index contributed by atoms with van der Waals surface area (Å²) in [5.41, 5.74) is 5.89. The molecular formula is C25H21NO. The van der Waals surface area contributed by atoms with Gasteiger partial charge < -0.3 is 9.64 Å². The van der Waals surface area contributed by atoms with E-state index in [-0.39, 0.29) is 0 Å². The molecule has 27 heavy (non-hydrogen) atoms. The lowest BCUT2D eigenvalue weighted by atomic mass is 9.94. The SMILES string of the molecule is C1=C2Cc3cccc(N(c4ccccc4)c4ccccc4)c3OC2=CCC1. The van der Waals surface area contributed by atoms with Crippen LogP contribution in [0.25, 0.3) is 0 Å². The van der Waals surface area contributed by atoms with Crippen LogP contribution in [0.2, 0.25) is 0 Å². The molecular weight excluding hydrogens is 330 g/mol. The maximum Gasteiger partial charge on any atom is 0.154 e. The molecule has 0 saturated carbocycles. The molecule has 2 nitrogen and oxygen atoms in total. The Kier molecular flexibility index (Phi) is 4.02. The fourth-order valence-corrected chi connectivity index (χ4v) is 3.87. The fraction of sp³-hybridized carbons (Fsp3) is 0.120. The quantitative estimate of drug-likeness (QED) is 0.521. The first-order valence-corrected chi connectivity index (χ1v) is 9.50. The summed E-state index contributed by atoms with van der Waals surface area (Å²) in [5, 5.41) is 0. The summed E-state index contributed by atoms with van der Waals surface area (Å²) in [6.07, 6.45) is 7.64. The van der Waals surface area contributed by atoms with Gasteiger partial charge in [-0.05, 0) is 54.8 Å². The zero-order valence-corrected chi connectivity index (χ0v) is 15.1. The van der Waals surface area contributed by atoms with Gasteiger partial charge in [-0.15, -0.1) is 0 Å². The second kappa shape index (κ2) is 6.81. The molecule has 0 bridgehead atoms. The third-order valence-corrected chi connectivity index (χ3v) is 5.14. The van der Waals surface area contributed by atoms with Gasteiger partial charge >= 0.3 is 0 Å². The highest BCUT2D eigenvalue weighted by molar-refractivity contribution is 5.81. The monoisotopic (exact) mass is 351 g/mol. The fourth-order valence-electron chi connectivity index (χ4n) is 3.87. The molecule has 0 aromatic heterocycles. The van der Waals surface area contributed by atoms with Crippen LogP contribution in [0.15, 0.2) is 102 Å². The lowest BCUT2D eigenvalue weighted by Crippen LogP contribution is -2.17. The number of anilines is 3. The first-order valence-electron chi connectivity index (χ1n) is 9.50. The van der Waals surface area contributed by atoms with Gasteiger partial charge in [0, 0.05) is 23.4 Å². The van der Waals surface area contributed by atoms with Crippen LogP contribution in [-0.4, -0.2) is 0 Å². The van der Waals surface area contributed by atoms with Crippen molar-refractivity contribution in [3.8, 4) is 5.75 Å². The van der Waals surface area contributed by atoms with Crippen molar-refractivity contribution in [3.05, 3.63) is 108 Å². The first-order chi connectivity index (χ1) is 13.4. The van der Waals surface area contributed by atoms with E-state index < -0.39 is 0 Å². The average molecular weight is 351 g/mol. The van der Waals surface area contributed by atoms with Gasteiger partial charge in [0.2, 0.25) is 0 Å². The van der Waals surface area contributed by atoms with Gasteiger partial charge in [0.25, 0.3) is 0 Å². The summed E-state index contributed by atoms with van der Waals surface area (Å²) in [7, 11) is 0. The number of ether oxygens (including phenoxy) is 1. The Morgan fingerprint density at radius 2 is 1.33 bits per heavy atom. The van der Waals surface area contributed by atoms with Gasteiger partial charge in [0.1, 0.15) is 5.76 Å². The van der Waals surface area contributed by atoms with E-state index >= 15 is 0 Å². The third kappa shape index (κ3) is 2.93. The highest BCUT2D eigenvalue weighted by atomic mass is 16.5. The second-order valence-corrected chi connectivity index (χ2v) is 6.93. The van der Waals surface area contributed by atoms with Crippen molar-refractivity contribution in [2.45, 2.75) is 19.3 Å². The molecule has 5 rings (SSSR count). The van der Waals surface area contributed by atoms with E-state index in [2.05, 4.69) is 83.8 Å². The number of hydrogen-bond acceptors (Lipinski definition) is 2. The zero-order valence-electron chi connectivity index (χ0n) is 15.1. The number of hydrogen-bond donors (Lipinski definition) is 0. The van der Waals surface area contributed by atoms with Gasteiger partial charge in [-0.3, -0.25) is 0 Å². The van der Waals surface area contributed by atoms with Crippen LogP contribution >= 0.6 is 0 Å². The van der Waals surface area contributed by atoms with Gasteiger partial charge in [-0.1, -0.05) is 54.6 Å². The van der Waals surface area contributed by atoms with Crippen molar-refractivity contribution in [2.24, 2.45) is 0 Å². The minimum absolute atomic E-state index is 0.937. The summed E-state index contributed by atoms with van der Waals surface area (Å²) in [6.45, 7) is 0. The molecule has 0 fully saturated rings. The van der Waals surface area contributed by atoms with E-state index in [4.69, 9.17) is 4.74 Å². The molecule has 0 atom stereocenters. The second-order valence-electron chi connectivity index (χ2n) is 6.93. The molecule has 2 aliphatic rings. The number of fused-ring (bicyclic) bond motifs is 2. The Hall–Kier alpha value is -3.26. The van der Waals surface area contributed by atoms with Crippen molar-refractivity contribution >= 4 is 17.1 Å². The van der Waals surface area contributed by atoms with Gasteiger partial charge in [0.05, 0.1) is 5.69 Å². The Balaban J connectivity index is 1.68. The molecule has 3 aromatic rings. The van der Waals surface area contributed by atoms with E-state index in [0.717, 1.165) is 47.8 Å². The molecule has 1 heterocycles. The summed E-state index contributed by atoms with van der Waals surface area (Å²) < 4.78 is 6.44. The van der Waals surface area contributed by atoms with E-state index in [1.165, 1.54) is 11.1 Å². The van der Waals surface area contributed by atoms with E-state index in [1.807, 2.05) is 12.1 Å². The molecule has 0 amide bonds. The zero-order chi connectivity index (χ0) is 18.1. The van der Waals surface area contributed by atoms with Crippen molar-refractivity contribution in [1.29, 1.82) is 0 Å². The molecule has 0 radical (unpaired) electrons. The predicted octanol–water partition coefficient (Wildman–Crippen LogP) is 6.70. The largest absolute Gasteiger partial charge is 0.455 e. The van der Waals surface area contributed by atoms with Gasteiger partial charge in [-0.2, -0.15) is 0 Å². The molecule has 1 aliphatic heterocycles. The normalized spacial score (nSPS) is 15.0. The minimum atomic E-state index is 0.937. The lowest BCUT2D eigenvalue weighted by molar-refractivity contribution is 0.410. The number of benzene rings is 3. The maximum atomic E-state index is 6.44. The Morgan fingerprint density at radius 3 is 2.04 bits per heavy atom. The van der Waals surface area contributed by atoms with Crippen molar-refractivity contribution in [2.75, 3.05) is 4.90 Å². The van der Waals surface area contributed by atoms with Crippen LogP contribution in [-0.2, 0) is 6.42 Å². The number of para-hydroxylation sites is 3. The van der Waals surface area contributed by atoms with Crippen molar-refractivity contribution < 1.29 is 4.74 Å².